The number of amides is 1. The van der Waals surface area contributed by atoms with Crippen molar-refractivity contribution in [2.24, 2.45) is 0 Å². The van der Waals surface area contributed by atoms with Crippen molar-refractivity contribution in [1.29, 1.82) is 0 Å². The molecule has 0 saturated carbocycles. The molecule has 0 aliphatic rings. The monoisotopic (exact) mass is 257 g/mol. The Labute approximate surface area is 111 Å². The van der Waals surface area contributed by atoms with Crippen LogP contribution in [0, 0.1) is 0 Å². The number of nitrogens with one attached hydrogen (secondary N) is 1. The average Bonchev–Trinajstić information content (AvgIpc) is 2.48. The molecular formula is C14H15N3O2. The molecular weight excluding hydrogens is 242 g/mol. The van der Waals surface area contributed by atoms with Gasteiger partial charge in [-0.1, -0.05) is 30.3 Å². The molecule has 1 aromatic carbocycles. The van der Waals surface area contributed by atoms with E-state index in [-0.39, 0.29) is 0 Å². The normalized spacial score (nSPS) is 9.95. The van der Waals surface area contributed by atoms with Gasteiger partial charge in [0.15, 0.2) is 5.82 Å². The van der Waals surface area contributed by atoms with Crippen LogP contribution >= 0.6 is 0 Å². The van der Waals surface area contributed by atoms with Gasteiger partial charge < -0.3 is 10.1 Å². The largest absolute Gasteiger partial charge is 0.453 e. The molecule has 0 unspecified atom stereocenters. The summed E-state index contributed by atoms with van der Waals surface area (Å²) in [7, 11) is 1.34. The van der Waals surface area contributed by atoms with Gasteiger partial charge >= 0.3 is 6.09 Å². The summed E-state index contributed by atoms with van der Waals surface area (Å²) in [5.41, 5.74) is 1.96. The Morgan fingerprint density at radius 3 is 2.53 bits per heavy atom. The summed E-state index contributed by atoms with van der Waals surface area (Å²) in [5, 5.41) is 2.61. The van der Waals surface area contributed by atoms with Gasteiger partial charge in [-0.25, -0.2) is 14.8 Å². The standard InChI is InChI=1S/C14H15N3O2/c1-19-14(18)15-8-7-11-9-16-13(17-10-11)12-5-3-2-4-6-12/h2-6,9-10H,7-8H2,1H3,(H,15,18). The van der Waals surface area contributed by atoms with E-state index >= 15 is 0 Å². The van der Waals surface area contributed by atoms with Gasteiger partial charge in [0.25, 0.3) is 0 Å². The zero-order chi connectivity index (χ0) is 13.5. The lowest BCUT2D eigenvalue weighted by Gasteiger charge is -2.04. The number of ether oxygens (including phenoxy) is 1. The Balaban J connectivity index is 1.94. The van der Waals surface area contributed by atoms with Crippen LogP contribution in [0.3, 0.4) is 0 Å². The summed E-state index contributed by atoms with van der Waals surface area (Å²) in [6.45, 7) is 0.501. The lowest BCUT2D eigenvalue weighted by atomic mass is 10.2. The Bertz CT molecular complexity index is 526. The first-order valence-electron chi connectivity index (χ1n) is 5.98. The van der Waals surface area contributed by atoms with Gasteiger partial charge in [0, 0.05) is 24.5 Å². The molecule has 0 saturated heterocycles. The van der Waals surface area contributed by atoms with E-state index in [1.165, 1.54) is 7.11 Å². The van der Waals surface area contributed by atoms with Gasteiger partial charge in [-0.15, -0.1) is 0 Å². The molecule has 5 nitrogen and oxygen atoms in total. The summed E-state index contributed by atoms with van der Waals surface area (Å²) in [6, 6.07) is 9.79. The van der Waals surface area contributed by atoms with E-state index in [1.807, 2.05) is 30.3 Å². The Morgan fingerprint density at radius 1 is 1.21 bits per heavy atom. The summed E-state index contributed by atoms with van der Waals surface area (Å²) < 4.78 is 4.48. The number of alkyl carbamates (subject to hydrolysis) is 1. The molecule has 98 valence electrons. The highest BCUT2D eigenvalue weighted by atomic mass is 16.5. The van der Waals surface area contributed by atoms with E-state index in [1.54, 1.807) is 12.4 Å². The fraction of sp³-hybridized carbons (Fsp3) is 0.214. The van der Waals surface area contributed by atoms with Crippen LogP contribution in [0.25, 0.3) is 11.4 Å². The molecule has 2 rings (SSSR count). The van der Waals surface area contributed by atoms with Gasteiger partial charge in [0.2, 0.25) is 0 Å². The first kappa shape index (κ1) is 13.0. The van der Waals surface area contributed by atoms with Gasteiger partial charge in [-0.05, 0) is 12.0 Å². The third-order valence-electron chi connectivity index (χ3n) is 2.61. The van der Waals surface area contributed by atoms with E-state index in [2.05, 4.69) is 20.0 Å². The Hall–Kier alpha value is -2.43. The number of nitrogens with zero attached hydrogens (tertiary/aromatic N) is 2. The molecule has 1 heterocycles. The van der Waals surface area contributed by atoms with Crippen molar-refractivity contribution in [3.8, 4) is 11.4 Å². The minimum Gasteiger partial charge on any atom is -0.453 e. The molecule has 0 atom stereocenters. The highest BCUT2D eigenvalue weighted by Gasteiger charge is 2.02. The van der Waals surface area contributed by atoms with Crippen LogP contribution in [-0.2, 0) is 11.2 Å². The predicted octanol–water partition coefficient (Wildman–Crippen LogP) is 2.04. The molecule has 0 aliphatic heterocycles. The van der Waals surface area contributed by atoms with Crippen molar-refractivity contribution in [2.75, 3.05) is 13.7 Å². The number of methoxy groups -OCH3 is 1. The lowest BCUT2D eigenvalue weighted by Crippen LogP contribution is -2.25. The number of hydrogen-bond donors (Lipinski definition) is 1. The van der Waals surface area contributed by atoms with Gasteiger partial charge in [0.1, 0.15) is 0 Å². The first-order valence-corrected chi connectivity index (χ1v) is 5.98. The quantitative estimate of drug-likeness (QED) is 0.910. The second kappa shape index (κ2) is 6.49. The number of hydrogen-bond acceptors (Lipinski definition) is 4. The van der Waals surface area contributed by atoms with E-state index in [0.717, 1.165) is 11.1 Å². The molecule has 0 aliphatic carbocycles. The van der Waals surface area contributed by atoms with Crippen molar-refractivity contribution in [3.05, 3.63) is 48.3 Å². The van der Waals surface area contributed by atoms with Crippen molar-refractivity contribution in [3.63, 3.8) is 0 Å². The highest BCUT2D eigenvalue weighted by Crippen LogP contribution is 2.13. The average molecular weight is 257 g/mol. The molecule has 1 aromatic heterocycles. The van der Waals surface area contributed by atoms with E-state index in [0.29, 0.717) is 18.8 Å². The fourth-order valence-electron chi connectivity index (χ4n) is 1.60. The minimum absolute atomic E-state index is 0.429. The second-order valence-corrected chi connectivity index (χ2v) is 3.95. The third-order valence-corrected chi connectivity index (χ3v) is 2.61. The van der Waals surface area contributed by atoms with Crippen molar-refractivity contribution < 1.29 is 9.53 Å². The smallest absolute Gasteiger partial charge is 0.406 e. The molecule has 1 N–H and O–H groups in total. The van der Waals surface area contributed by atoms with Crippen molar-refractivity contribution in [1.82, 2.24) is 15.3 Å². The van der Waals surface area contributed by atoms with Crippen LogP contribution < -0.4 is 5.32 Å². The molecule has 0 bridgehead atoms. The maximum Gasteiger partial charge on any atom is 0.406 e. The van der Waals surface area contributed by atoms with Crippen LogP contribution in [0.15, 0.2) is 42.7 Å². The van der Waals surface area contributed by atoms with Crippen molar-refractivity contribution >= 4 is 6.09 Å². The van der Waals surface area contributed by atoms with Gasteiger partial charge in [-0.3, -0.25) is 0 Å². The predicted molar refractivity (Wildman–Crippen MR) is 71.6 cm³/mol. The number of aromatic nitrogens is 2. The summed E-state index contributed by atoms with van der Waals surface area (Å²) in [4.78, 5) is 19.5. The zero-order valence-electron chi connectivity index (χ0n) is 10.7. The van der Waals surface area contributed by atoms with Crippen LogP contribution in [-0.4, -0.2) is 29.7 Å². The van der Waals surface area contributed by atoms with Gasteiger partial charge in [-0.2, -0.15) is 0 Å². The van der Waals surface area contributed by atoms with Crippen LogP contribution in [0.4, 0.5) is 4.79 Å². The van der Waals surface area contributed by atoms with Crippen LogP contribution in [0.2, 0.25) is 0 Å². The topological polar surface area (TPSA) is 64.1 Å². The molecule has 19 heavy (non-hydrogen) atoms. The number of benzene rings is 1. The SMILES string of the molecule is COC(=O)NCCc1cnc(-c2ccccc2)nc1. The Kier molecular flexibility index (Phi) is 4.44. The lowest BCUT2D eigenvalue weighted by molar-refractivity contribution is 0.171. The van der Waals surface area contributed by atoms with E-state index in [4.69, 9.17) is 0 Å². The van der Waals surface area contributed by atoms with Gasteiger partial charge in [0.05, 0.1) is 7.11 Å². The molecule has 1 amide bonds. The second-order valence-electron chi connectivity index (χ2n) is 3.95. The molecule has 5 heteroatoms. The zero-order valence-corrected chi connectivity index (χ0v) is 10.7. The number of carbonyl (C=O) groups excluding carboxylic acids is 1. The first-order chi connectivity index (χ1) is 9.29. The van der Waals surface area contributed by atoms with Crippen LogP contribution in [0.1, 0.15) is 5.56 Å². The molecule has 0 spiro atoms. The summed E-state index contributed by atoms with van der Waals surface area (Å²) in [6.07, 6.45) is 3.79. The fourth-order valence-corrected chi connectivity index (χ4v) is 1.60. The molecule has 0 radical (unpaired) electrons. The maximum absolute atomic E-state index is 10.9. The molecule has 2 aromatic rings. The number of rotatable bonds is 4. The van der Waals surface area contributed by atoms with E-state index < -0.39 is 6.09 Å². The Morgan fingerprint density at radius 2 is 1.89 bits per heavy atom. The summed E-state index contributed by atoms with van der Waals surface area (Å²) >= 11 is 0. The van der Waals surface area contributed by atoms with Crippen molar-refractivity contribution in [2.45, 2.75) is 6.42 Å². The number of carbonyl (C=O) groups is 1. The third kappa shape index (κ3) is 3.77. The van der Waals surface area contributed by atoms with Crippen LogP contribution in [0.5, 0.6) is 0 Å². The molecule has 0 fully saturated rings. The maximum atomic E-state index is 10.9. The summed E-state index contributed by atoms with van der Waals surface area (Å²) in [5.74, 6) is 0.699. The van der Waals surface area contributed by atoms with E-state index in [9.17, 15) is 4.79 Å². The highest BCUT2D eigenvalue weighted by molar-refractivity contribution is 5.66. The minimum atomic E-state index is -0.429.